The van der Waals surface area contributed by atoms with E-state index in [2.05, 4.69) is 20.5 Å². The maximum absolute atomic E-state index is 12.7. The summed E-state index contributed by atoms with van der Waals surface area (Å²) in [4.78, 5) is 31.2. The minimum absolute atomic E-state index is 0.338. The number of piperazine rings is 1. The van der Waals surface area contributed by atoms with Gasteiger partial charge in [-0.3, -0.25) is 14.5 Å². The van der Waals surface area contributed by atoms with Crippen molar-refractivity contribution in [1.29, 1.82) is 0 Å². The van der Waals surface area contributed by atoms with Gasteiger partial charge in [0.05, 0.1) is 18.9 Å². The number of hydrogen-bond donors (Lipinski definition) is 2. The largest absolute Gasteiger partial charge is 0.496 e. The molecule has 4 rings (SSSR count). The zero-order valence-corrected chi connectivity index (χ0v) is 22.4. The number of sulfonamides is 1. The molecule has 0 spiro atoms. The quantitative estimate of drug-likeness (QED) is 0.410. The summed E-state index contributed by atoms with van der Waals surface area (Å²) in [6.07, 6.45) is 2.86. The molecule has 1 aromatic carbocycles. The number of oxazole rings is 1. The van der Waals surface area contributed by atoms with E-state index >= 15 is 0 Å². The van der Waals surface area contributed by atoms with E-state index in [0.29, 0.717) is 59.7 Å². The van der Waals surface area contributed by atoms with Crippen molar-refractivity contribution < 1.29 is 27.2 Å². The number of methoxy groups -OCH3 is 1. The molecule has 0 aliphatic carbocycles. The van der Waals surface area contributed by atoms with Crippen molar-refractivity contribution >= 4 is 38.9 Å². The Bertz CT molecular complexity index is 1330. The molecule has 198 valence electrons. The Balaban J connectivity index is 1.30. The maximum Gasteiger partial charge on any atom is 0.313 e. The zero-order chi connectivity index (χ0) is 26.6. The van der Waals surface area contributed by atoms with E-state index < -0.39 is 27.4 Å². The summed E-state index contributed by atoms with van der Waals surface area (Å²) in [6.45, 7) is 5.86. The smallest absolute Gasteiger partial charge is 0.313 e. The fraction of sp³-hybridized carbons (Fsp3) is 0.375. The van der Waals surface area contributed by atoms with Crippen LogP contribution in [0.15, 0.2) is 56.9 Å². The lowest BCUT2D eigenvalue weighted by Gasteiger charge is -2.38. The minimum Gasteiger partial charge on any atom is -0.496 e. The first-order valence-corrected chi connectivity index (χ1v) is 13.9. The normalized spacial score (nSPS) is 15.3. The number of rotatable bonds is 8. The molecule has 3 heterocycles. The van der Waals surface area contributed by atoms with E-state index in [1.165, 1.54) is 29.1 Å². The summed E-state index contributed by atoms with van der Waals surface area (Å²) < 4.78 is 38.0. The molecule has 1 saturated heterocycles. The van der Waals surface area contributed by atoms with Crippen LogP contribution < -0.4 is 15.4 Å². The molecule has 0 atom stereocenters. The van der Waals surface area contributed by atoms with Crippen molar-refractivity contribution in [3.8, 4) is 17.1 Å². The predicted molar refractivity (Wildman–Crippen MR) is 139 cm³/mol. The summed E-state index contributed by atoms with van der Waals surface area (Å²) in [7, 11) is -1.99. The number of carbonyl (C=O) groups excluding carboxylic acids is 2. The number of aromatic nitrogens is 1. The average molecular weight is 548 g/mol. The van der Waals surface area contributed by atoms with Gasteiger partial charge in [0.1, 0.15) is 9.96 Å². The number of hydrogen-bond acceptors (Lipinski definition) is 9. The van der Waals surface area contributed by atoms with E-state index in [1.807, 2.05) is 13.8 Å². The van der Waals surface area contributed by atoms with E-state index in [-0.39, 0.29) is 0 Å². The number of nitrogens with one attached hydrogen (secondary N) is 2. The molecule has 1 aliphatic rings. The van der Waals surface area contributed by atoms with Crippen LogP contribution in [-0.4, -0.2) is 79.8 Å². The van der Waals surface area contributed by atoms with Crippen LogP contribution in [0.3, 0.4) is 0 Å². The van der Waals surface area contributed by atoms with Gasteiger partial charge in [0, 0.05) is 50.0 Å². The van der Waals surface area contributed by atoms with E-state index in [4.69, 9.17) is 9.15 Å². The van der Waals surface area contributed by atoms with Gasteiger partial charge >= 0.3 is 11.8 Å². The van der Waals surface area contributed by atoms with Gasteiger partial charge in [-0.2, -0.15) is 4.31 Å². The van der Waals surface area contributed by atoms with Crippen LogP contribution in [0.1, 0.15) is 13.8 Å². The Morgan fingerprint density at radius 1 is 1.16 bits per heavy atom. The Morgan fingerprint density at radius 3 is 2.54 bits per heavy atom. The summed E-state index contributed by atoms with van der Waals surface area (Å²) in [5.74, 6) is -0.619. The topological polar surface area (TPSA) is 134 Å². The lowest BCUT2D eigenvalue weighted by molar-refractivity contribution is -0.137. The molecule has 0 unspecified atom stereocenters. The Labute approximate surface area is 219 Å². The highest BCUT2D eigenvalue weighted by Crippen LogP contribution is 2.32. The highest BCUT2D eigenvalue weighted by Gasteiger charge is 2.32. The van der Waals surface area contributed by atoms with Gasteiger partial charge in [-0.1, -0.05) is 6.07 Å². The monoisotopic (exact) mass is 547 g/mol. The first-order valence-electron chi connectivity index (χ1n) is 11.6. The molecule has 11 nitrogen and oxygen atoms in total. The number of thiophene rings is 1. The standard InChI is InChI=1S/C24H29N5O6S2/c1-24(2,15-28-8-10-29(11-9-28)37(32,33)21-5-4-12-36-21)27-23(31)22(30)26-17-6-7-18(19(13-17)34-3)20-14-25-16-35-20/h4-7,12-14,16H,8-11,15H2,1-3H3,(H,26,30)(H,27,31). The van der Waals surface area contributed by atoms with Gasteiger partial charge in [0.15, 0.2) is 12.2 Å². The van der Waals surface area contributed by atoms with Gasteiger partial charge in [-0.25, -0.2) is 13.4 Å². The Kier molecular flexibility index (Phi) is 7.97. The highest BCUT2D eigenvalue weighted by molar-refractivity contribution is 7.91. The van der Waals surface area contributed by atoms with Crippen LogP contribution in [0.2, 0.25) is 0 Å². The summed E-state index contributed by atoms with van der Waals surface area (Å²) >= 11 is 1.20. The first-order chi connectivity index (χ1) is 17.6. The molecule has 1 fully saturated rings. The number of nitrogens with zero attached hydrogens (tertiary/aromatic N) is 3. The molecule has 0 bridgehead atoms. The predicted octanol–water partition coefficient (Wildman–Crippen LogP) is 2.25. The molecule has 0 saturated carbocycles. The Hall–Kier alpha value is -3.26. The zero-order valence-electron chi connectivity index (χ0n) is 20.8. The number of benzene rings is 1. The number of ether oxygens (including phenoxy) is 1. The first kappa shape index (κ1) is 26.8. The van der Waals surface area contributed by atoms with Crippen molar-refractivity contribution in [3.05, 3.63) is 48.3 Å². The fourth-order valence-electron chi connectivity index (χ4n) is 4.14. The van der Waals surface area contributed by atoms with Gasteiger partial charge in [-0.15, -0.1) is 11.3 Å². The lowest BCUT2D eigenvalue weighted by Crippen LogP contribution is -2.57. The van der Waals surface area contributed by atoms with Crippen molar-refractivity contribution in [1.82, 2.24) is 19.5 Å². The summed E-state index contributed by atoms with van der Waals surface area (Å²) in [5, 5.41) is 7.10. The van der Waals surface area contributed by atoms with Gasteiger partial charge in [-0.05, 0) is 37.4 Å². The molecule has 2 aromatic heterocycles. The van der Waals surface area contributed by atoms with Crippen LogP contribution in [0.25, 0.3) is 11.3 Å². The molecule has 37 heavy (non-hydrogen) atoms. The SMILES string of the molecule is COc1cc(NC(=O)C(=O)NC(C)(C)CN2CCN(S(=O)(=O)c3cccs3)CC2)ccc1-c1cnco1. The van der Waals surface area contributed by atoms with Crippen molar-refractivity contribution in [3.63, 3.8) is 0 Å². The molecular weight excluding hydrogens is 518 g/mol. The molecule has 1 aliphatic heterocycles. The third-order valence-corrected chi connectivity index (χ3v) is 9.13. The molecular formula is C24H29N5O6S2. The summed E-state index contributed by atoms with van der Waals surface area (Å²) in [5.41, 5.74) is 0.324. The minimum atomic E-state index is -3.48. The average Bonchev–Trinajstić information content (AvgIpc) is 3.59. The van der Waals surface area contributed by atoms with Crippen LogP contribution >= 0.6 is 11.3 Å². The lowest BCUT2D eigenvalue weighted by atomic mass is 10.0. The second-order valence-corrected chi connectivity index (χ2v) is 12.3. The molecule has 2 N–H and O–H groups in total. The van der Waals surface area contributed by atoms with E-state index in [9.17, 15) is 18.0 Å². The molecule has 3 aromatic rings. The third-order valence-electron chi connectivity index (χ3n) is 5.85. The second-order valence-electron chi connectivity index (χ2n) is 9.19. The third kappa shape index (κ3) is 6.36. The molecule has 0 radical (unpaired) electrons. The maximum atomic E-state index is 12.7. The number of amides is 2. The van der Waals surface area contributed by atoms with Gasteiger partial charge in [0.2, 0.25) is 0 Å². The van der Waals surface area contributed by atoms with E-state index in [0.717, 1.165) is 0 Å². The van der Waals surface area contributed by atoms with Crippen LogP contribution in [-0.2, 0) is 19.6 Å². The van der Waals surface area contributed by atoms with Gasteiger partial charge in [0.25, 0.3) is 10.0 Å². The number of anilines is 1. The van der Waals surface area contributed by atoms with E-state index in [1.54, 1.807) is 41.9 Å². The highest BCUT2D eigenvalue weighted by atomic mass is 32.2. The summed E-state index contributed by atoms with van der Waals surface area (Å²) in [6, 6.07) is 8.27. The molecule has 13 heteroatoms. The van der Waals surface area contributed by atoms with Crippen molar-refractivity contribution in [2.75, 3.05) is 45.2 Å². The number of carbonyl (C=O) groups is 2. The van der Waals surface area contributed by atoms with Crippen molar-refractivity contribution in [2.24, 2.45) is 0 Å². The van der Waals surface area contributed by atoms with Crippen LogP contribution in [0, 0.1) is 0 Å². The second kappa shape index (κ2) is 11.0. The van der Waals surface area contributed by atoms with Crippen LogP contribution in [0.5, 0.6) is 5.75 Å². The fourth-order valence-corrected chi connectivity index (χ4v) is 6.70. The van der Waals surface area contributed by atoms with Crippen molar-refractivity contribution in [2.45, 2.75) is 23.6 Å². The molecule has 2 amide bonds. The Morgan fingerprint density at radius 2 is 1.92 bits per heavy atom. The van der Waals surface area contributed by atoms with Crippen LogP contribution in [0.4, 0.5) is 5.69 Å². The van der Waals surface area contributed by atoms with Gasteiger partial charge < -0.3 is 19.8 Å².